The number of rotatable bonds is 8. The number of hydrogen-bond donors (Lipinski definition) is 2. The summed E-state index contributed by atoms with van der Waals surface area (Å²) >= 11 is 0. The average Bonchev–Trinajstić information content (AvgIpc) is 2.35. The lowest BCUT2D eigenvalue weighted by atomic mass is 10.3. The van der Waals surface area contributed by atoms with Crippen molar-refractivity contribution in [3.8, 4) is 5.75 Å². The van der Waals surface area contributed by atoms with Gasteiger partial charge < -0.3 is 19.9 Å². The normalized spacial score (nSPS) is 14.3. The van der Waals surface area contributed by atoms with Crippen LogP contribution in [0.25, 0.3) is 0 Å². The van der Waals surface area contributed by atoms with Gasteiger partial charge in [0.2, 0.25) is 0 Å². The fourth-order valence-electron chi connectivity index (χ4n) is 1.50. The molecule has 0 bridgehead atoms. The lowest BCUT2D eigenvalue weighted by Crippen LogP contribution is -2.92. The molecule has 1 rings (SSSR count). The number of ether oxygens (including phenoxy) is 2. The number of aliphatic hydroxyl groups is 1. The molecule has 3 N–H and O–H groups in total. The molecule has 1 aromatic rings. The zero-order chi connectivity index (χ0) is 12.5. The lowest BCUT2D eigenvalue weighted by molar-refractivity contribution is -0.693. The van der Waals surface area contributed by atoms with Gasteiger partial charge in [0.25, 0.3) is 0 Å². The quantitative estimate of drug-likeness (QED) is 0.674. The van der Waals surface area contributed by atoms with Gasteiger partial charge in [-0.05, 0) is 19.1 Å². The molecule has 0 aliphatic carbocycles. The highest BCUT2D eigenvalue weighted by atomic mass is 16.5. The summed E-state index contributed by atoms with van der Waals surface area (Å²) in [5.74, 6) is 0.788. The molecule has 17 heavy (non-hydrogen) atoms. The van der Waals surface area contributed by atoms with E-state index in [1.165, 1.54) is 0 Å². The standard InChI is InChI=1S/C13H21NO3/c1-11(9-16-2)14-8-12(15)10-17-13-6-4-3-5-7-13/h3-7,11-12,14-15H,8-10H2,1-2H3/p+1/t11-,12+/m1/s1. The van der Waals surface area contributed by atoms with Crippen LogP contribution in [0.3, 0.4) is 0 Å². The maximum atomic E-state index is 9.73. The second-order valence-corrected chi connectivity index (χ2v) is 4.18. The fourth-order valence-corrected chi connectivity index (χ4v) is 1.50. The molecule has 0 saturated heterocycles. The Morgan fingerprint density at radius 1 is 1.24 bits per heavy atom. The Kier molecular flexibility index (Phi) is 6.62. The first-order chi connectivity index (χ1) is 8.22. The molecule has 96 valence electrons. The Hall–Kier alpha value is -1.10. The molecule has 0 fully saturated rings. The van der Waals surface area contributed by atoms with Crippen LogP contribution in [0, 0.1) is 0 Å². The molecule has 0 radical (unpaired) electrons. The summed E-state index contributed by atoms with van der Waals surface area (Å²) in [4.78, 5) is 0. The van der Waals surface area contributed by atoms with Crippen molar-refractivity contribution in [3.63, 3.8) is 0 Å². The Labute approximate surface area is 103 Å². The topological polar surface area (TPSA) is 55.3 Å². The summed E-state index contributed by atoms with van der Waals surface area (Å²) < 4.78 is 10.5. The second kappa shape index (κ2) is 8.06. The minimum absolute atomic E-state index is 0.320. The SMILES string of the molecule is COC[C@@H](C)[NH2+]C[C@H](O)COc1ccccc1. The van der Waals surface area contributed by atoms with Gasteiger partial charge in [-0.2, -0.15) is 0 Å². The fraction of sp³-hybridized carbons (Fsp3) is 0.538. The van der Waals surface area contributed by atoms with Crippen molar-refractivity contribution < 1.29 is 19.9 Å². The van der Waals surface area contributed by atoms with E-state index in [1.54, 1.807) is 7.11 Å². The van der Waals surface area contributed by atoms with Crippen LogP contribution in [0.15, 0.2) is 30.3 Å². The van der Waals surface area contributed by atoms with Crippen LogP contribution < -0.4 is 10.1 Å². The second-order valence-electron chi connectivity index (χ2n) is 4.18. The minimum atomic E-state index is -0.463. The van der Waals surface area contributed by atoms with E-state index in [0.717, 1.165) is 5.75 Å². The van der Waals surface area contributed by atoms with Gasteiger partial charge in [0.05, 0.1) is 6.61 Å². The van der Waals surface area contributed by atoms with E-state index >= 15 is 0 Å². The van der Waals surface area contributed by atoms with E-state index in [2.05, 4.69) is 12.2 Å². The van der Waals surface area contributed by atoms with Crippen molar-refractivity contribution in [2.75, 3.05) is 26.9 Å². The van der Waals surface area contributed by atoms with Crippen molar-refractivity contribution in [3.05, 3.63) is 30.3 Å². The number of quaternary nitrogens is 1. The van der Waals surface area contributed by atoms with Gasteiger partial charge >= 0.3 is 0 Å². The third-order valence-electron chi connectivity index (χ3n) is 2.43. The minimum Gasteiger partial charge on any atom is -0.491 e. The summed E-state index contributed by atoms with van der Waals surface area (Å²) in [6, 6.07) is 9.87. The number of para-hydroxylation sites is 1. The predicted octanol–water partition coefficient (Wildman–Crippen LogP) is 0.0246. The monoisotopic (exact) mass is 240 g/mol. The van der Waals surface area contributed by atoms with Crippen molar-refractivity contribution in [1.29, 1.82) is 0 Å². The van der Waals surface area contributed by atoms with Gasteiger partial charge in [0, 0.05) is 7.11 Å². The Bertz CT molecular complexity index is 292. The molecule has 0 heterocycles. The third kappa shape index (κ3) is 6.26. The number of methoxy groups -OCH3 is 1. The summed E-state index contributed by atoms with van der Waals surface area (Å²) in [7, 11) is 1.68. The predicted molar refractivity (Wildman–Crippen MR) is 66.1 cm³/mol. The van der Waals surface area contributed by atoms with E-state index in [9.17, 15) is 5.11 Å². The van der Waals surface area contributed by atoms with Gasteiger partial charge in [0.15, 0.2) is 0 Å². The molecule has 0 unspecified atom stereocenters. The van der Waals surface area contributed by atoms with E-state index in [-0.39, 0.29) is 0 Å². The number of hydrogen-bond acceptors (Lipinski definition) is 3. The van der Waals surface area contributed by atoms with Crippen LogP contribution in [0.1, 0.15) is 6.92 Å². The summed E-state index contributed by atoms with van der Waals surface area (Å²) in [5, 5.41) is 11.8. The lowest BCUT2D eigenvalue weighted by Gasteiger charge is -2.14. The van der Waals surface area contributed by atoms with Crippen LogP contribution in [0.5, 0.6) is 5.75 Å². The molecule has 0 aliphatic heterocycles. The highest BCUT2D eigenvalue weighted by Crippen LogP contribution is 2.07. The van der Waals surface area contributed by atoms with Gasteiger partial charge in [-0.3, -0.25) is 0 Å². The highest BCUT2D eigenvalue weighted by molar-refractivity contribution is 5.20. The summed E-state index contributed by atoms with van der Waals surface area (Å²) in [5.41, 5.74) is 0. The maximum absolute atomic E-state index is 9.73. The van der Waals surface area contributed by atoms with E-state index < -0.39 is 6.10 Å². The Balaban J connectivity index is 2.15. The number of benzene rings is 1. The highest BCUT2D eigenvalue weighted by Gasteiger charge is 2.10. The first-order valence-electron chi connectivity index (χ1n) is 5.90. The van der Waals surface area contributed by atoms with E-state index in [1.807, 2.05) is 30.3 Å². The van der Waals surface area contributed by atoms with Crippen molar-refractivity contribution in [1.82, 2.24) is 0 Å². The Morgan fingerprint density at radius 3 is 2.59 bits per heavy atom. The van der Waals surface area contributed by atoms with Crippen molar-refractivity contribution in [2.45, 2.75) is 19.1 Å². The van der Waals surface area contributed by atoms with Gasteiger partial charge in [0.1, 0.15) is 31.0 Å². The molecule has 0 spiro atoms. The molecule has 2 atom stereocenters. The maximum Gasteiger partial charge on any atom is 0.137 e. The number of nitrogens with two attached hydrogens (primary N) is 1. The molecule has 4 heteroatoms. The van der Waals surface area contributed by atoms with Crippen molar-refractivity contribution in [2.24, 2.45) is 0 Å². The van der Waals surface area contributed by atoms with Gasteiger partial charge in [-0.25, -0.2) is 0 Å². The van der Waals surface area contributed by atoms with E-state index in [4.69, 9.17) is 9.47 Å². The smallest absolute Gasteiger partial charge is 0.137 e. The zero-order valence-corrected chi connectivity index (χ0v) is 10.5. The molecule has 0 aromatic heterocycles. The van der Waals surface area contributed by atoms with Crippen LogP contribution in [0.4, 0.5) is 0 Å². The molecule has 4 nitrogen and oxygen atoms in total. The van der Waals surface area contributed by atoms with Crippen LogP contribution >= 0.6 is 0 Å². The van der Waals surface area contributed by atoms with Crippen LogP contribution in [-0.2, 0) is 4.74 Å². The average molecular weight is 240 g/mol. The zero-order valence-electron chi connectivity index (χ0n) is 10.5. The summed E-state index contributed by atoms with van der Waals surface area (Å²) in [6.45, 7) is 3.69. The van der Waals surface area contributed by atoms with Gasteiger partial charge in [-0.15, -0.1) is 0 Å². The van der Waals surface area contributed by atoms with Crippen LogP contribution in [0.2, 0.25) is 0 Å². The van der Waals surface area contributed by atoms with Crippen molar-refractivity contribution >= 4 is 0 Å². The van der Waals surface area contributed by atoms with Crippen LogP contribution in [-0.4, -0.2) is 44.1 Å². The summed E-state index contributed by atoms with van der Waals surface area (Å²) in [6.07, 6.45) is -0.463. The first-order valence-corrected chi connectivity index (χ1v) is 5.90. The molecule has 0 saturated carbocycles. The molecule has 0 amide bonds. The molecule has 0 aliphatic rings. The largest absolute Gasteiger partial charge is 0.491 e. The van der Waals surface area contributed by atoms with Gasteiger partial charge in [-0.1, -0.05) is 18.2 Å². The third-order valence-corrected chi connectivity index (χ3v) is 2.43. The van der Waals surface area contributed by atoms with E-state index in [0.29, 0.717) is 25.8 Å². The molecular formula is C13H22NO3+. The first kappa shape index (κ1) is 14.0. The number of aliphatic hydroxyl groups excluding tert-OH is 1. The Morgan fingerprint density at radius 2 is 1.94 bits per heavy atom. The molecule has 1 aromatic carbocycles. The molecular weight excluding hydrogens is 218 g/mol.